The molecule has 0 spiro atoms. The average molecular weight is 341 g/mol. The summed E-state index contributed by atoms with van der Waals surface area (Å²) in [7, 11) is 0. The number of hydrogen-bond acceptors (Lipinski definition) is 3. The summed E-state index contributed by atoms with van der Waals surface area (Å²) in [6, 6.07) is 8.26. The van der Waals surface area contributed by atoms with Crippen molar-refractivity contribution in [2.45, 2.75) is 43.3 Å². The lowest BCUT2D eigenvalue weighted by molar-refractivity contribution is 0.587. The SMILES string of the molecule is Cc1cc(CNC(C)C)cnc1Sc1ccc(Cl)c(Cl)c1. The number of benzene rings is 1. The Bertz CT molecular complexity index is 630. The topological polar surface area (TPSA) is 24.9 Å². The highest BCUT2D eigenvalue weighted by molar-refractivity contribution is 7.99. The highest BCUT2D eigenvalue weighted by Crippen LogP contribution is 2.33. The van der Waals surface area contributed by atoms with E-state index in [4.69, 9.17) is 23.2 Å². The van der Waals surface area contributed by atoms with Gasteiger partial charge in [0.15, 0.2) is 0 Å². The Morgan fingerprint density at radius 2 is 1.95 bits per heavy atom. The fourth-order valence-electron chi connectivity index (χ4n) is 1.80. The number of aryl methyl sites for hydroxylation is 1. The van der Waals surface area contributed by atoms with Crippen molar-refractivity contribution in [2.75, 3.05) is 0 Å². The molecule has 0 saturated heterocycles. The van der Waals surface area contributed by atoms with Crippen molar-refractivity contribution >= 4 is 35.0 Å². The zero-order chi connectivity index (χ0) is 15.4. The Morgan fingerprint density at radius 3 is 2.57 bits per heavy atom. The maximum atomic E-state index is 6.04. The van der Waals surface area contributed by atoms with Gasteiger partial charge in [-0.15, -0.1) is 0 Å². The van der Waals surface area contributed by atoms with Crippen molar-refractivity contribution in [3.63, 3.8) is 0 Å². The highest BCUT2D eigenvalue weighted by atomic mass is 35.5. The van der Waals surface area contributed by atoms with Gasteiger partial charge in [-0.3, -0.25) is 0 Å². The maximum absolute atomic E-state index is 6.04. The molecule has 0 fully saturated rings. The number of rotatable bonds is 5. The van der Waals surface area contributed by atoms with Crippen molar-refractivity contribution in [3.8, 4) is 0 Å². The van der Waals surface area contributed by atoms with E-state index < -0.39 is 0 Å². The molecule has 1 aromatic heterocycles. The largest absolute Gasteiger partial charge is 0.310 e. The first-order chi connectivity index (χ1) is 9.95. The number of pyridine rings is 1. The van der Waals surface area contributed by atoms with Crippen LogP contribution in [0.15, 0.2) is 40.4 Å². The molecular weight excluding hydrogens is 323 g/mol. The second-order valence-electron chi connectivity index (χ2n) is 5.18. The van der Waals surface area contributed by atoms with Crippen molar-refractivity contribution in [3.05, 3.63) is 51.6 Å². The van der Waals surface area contributed by atoms with Crippen molar-refractivity contribution < 1.29 is 0 Å². The molecule has 2 nitrogen and oxygen atoms in total. The Morgan fingerprint density at radius 1 is 1.19 bits per heavy atom. The fourth-order valence-corrected chi connectivity index (χ4v) is 3.02. The van der Waals surface area contributed by atoms with E-state index in [9.17, 15) is 0 Å². The van der Waals surface area contributed by atoms with Gasteiger partial charge in [0.25, 0.3) is 0 Å². The van der Waals surface area contributed by atoms with Gasteiger partial charge in [-0.25, -0.2) is 4.98 Å². The Labute approximate surface area is 140 Å². The summed E-state index contributed by atoms with van der Waals surface area (Å²) >= 11 is 13.6. The second kappa shape index (κ2) is 7.50. The summed E-state index contributed by atoms with van der Waals surface area (Å²) in [5.41, 5.74) is 2.36. The minimum absolute atomic E-state index is 0.468. The van der Waals surface area contributed by atoms with Crippen LogP contribution in [0.1, 0.15) is 25.0 Å². The van der Waals surface area contributed by atoms with Crippen LogP contribution in [0.25, 0.3) is 0 Å². The van der Waals surface area contributed by atoms with Crippen molar-refractivity contribution in [1.82, 2.24) is 10.3 Å². The van der Waals surface area contributed by atoms with Crippen LogP contribution in [0.4, 0.5) is 0 Å². The van der Waals surface area contributed by atoms with Crippen LogP contribution in [0.5, 0.6) is 0 Å². The van der Waals surface area contributed by atoms with Crippen LogP contribution in [-0.2, 0) is 6.54 Å². The van der Waals surface area contributed by atoms with E-state index in [1.165, 1.54) is 5.56 Å². The van der Waals surface area contributed by atoms with Gasteiger partial charge in [-0.1, -0.05) is 54.9 Å². The molecule has 112 valence electrons. The number of aromatic nitrogens is 1. The Balaban J connectivity index is 2.11. The van der Waals surface area contributed by atoms with Crippen LogP contribution in [0, 0.1) is 6.92 Å². The third-order valence-corrected chi connectivity index (χ3v) is 4.76. The van der Waals surface area contributed by atoms with Crippen LogP contribution in [0.3, 0.4) is 0 Å². The van der Waals surface area contributed by atoms with Crippen LogP contribution in [0.2, 0.25) is 10.0 Å². The number of halogens is 2. The molecule has 2 rings (SSSR count). The molecule has 1 aromatic carbocycles. The molecule has 0 bridgehead atoms. The monoisotopic (exact) mass is 340 g/mol. The zero-order valence-electron chi connectivity index (χ0n) is 12.3. The fraction of sp³-hybridized carbons (Fsp3) is 0.312. The van der Waals surface area contributed by atoms with Crippen molar-refractivity contribution in [2.24, 2.45) is 0 Å². The molecule has 0 radical (unpaired) electrons. The molecule has 0 unspecified atom stereocenters. The van der Waals surface area contributed by atoms with Crippen LogP contribution in [-0.4, -0.2) is 11.0 Å². The minimum Gasteiger partial charge on any atom is -0.310 e. The third kappa shape index (κ3) is 4.89. The molecule has 5 heteroatoms. The van der Waals surface area contributed by atoms with Gasteiger partial charge >= 0.3 is 0 Å². The molecular formula is C16H18Cl2N2S. The number of hydrogen-bond donors (Lipinski definition) is 1. The van der Waals surface area contributed by atoms with E-state index in [1.54, 1.807) is 11.8 Å². The predicted molar refractivity (Wildman–Crippen MR) is 91.5 cm³/mol. The lowest BCUT2D eigenvalue weighted by Crippen LogP contribution is -2.21. The van der Waals surface area contributed by atoms with Gasteiger partial charge in [-0.2, -0.15) is 0 Å². The van der Waals surface area contributed by atoms with E-state index >= 15 is 0 Å². The normalized spacial score (nSPS) is 11.1. The molecule has 0 amide bonds. The smallest absolute Gasteiger partial charge is 0.104 e. The predicted octanol–water partition coefficient (Wildman–Crippen LogP) is 5.35. The second-order valence-corrected chi connectivity index (χ2v) is 7.06. The van der Waals surface area contributed by atoms with Gasteiger partial charge in [0.05, 0.1) is 10.0 Å². The first-order valence-electron chi connectivity index (χ1n) is 6.77. The Hall–Kier alpha value is -0.740. The summed E-state index contributed by atoms with van der Waals surface area (Å²) in [4.78, 5) is 5.59. The van der Waals surface area contributed by atoms with E-state index in [2.05, 4.69) is 37.1 Å². The lowest BCUT2D eigenvalue weighted by Gasteiger charge is -2.10. The molecule has 1 heterocycles. The molecule has 0 aliphatic rings. The molecule has 0 aliphatic heterocycles. The summed E-state index contributed by atoms with van der Waals surface area (Å²) in [5.74, 6) is 0. The lowest BCUT2D eigenvalue weighted by atomic mass is 10.2. The van der Waals surface area contributed by atoms with E-state index in [1.807, 2.05) is 24.4 Å². The Kier molecular flexibility index (Phi) is 5.94. The average Bonchev–Trinajstić information content (AvgIpc) is 2.43. The van der Waals surface area contributed by atoms with Crippen molar-refractivity contribution in [1.29, 1.82) is 0 Å². The highest BCUT2D eigenvalue weighted by Gasteiger charge is 2.07. The quantitative estimate of drug-likeness (QED) is 0.794. The molecule has 2 aromatic rings. The van der Waals surface area contributed by atoms with E-state index in [-0.39, 0.29) is 0 Å². The number of nitrogens with zero attached hydrogens (tertiary/aromatic N) is 1. The zero-order valence-corrected chi connectivity index (χ0v) is 14.6. The third-order valence-electron chi connectivity index (χ3n) is 2.91. The maximum Gasteiger partial charge on any atom is 0.104 e. The van der Waals surface area contributed by atoms with Crippen LogP contribution < -0.4 is 5.32 Å². The minimum atomic E-state index is 0.468. The van der Waals surface area contributed by atoms with E-state index in [0.29, 0.717) is 16.1 Å². The van der Waals surface area contributed by atoms with Gasteiger partial charge in [0.2, 0.25) is 0 Å². The standard InChI is InChI=1S/C16H18Cl2N2S/c1-10(2)19-8-12-6-11(3)16(20-9-12)21-13-4-5-14(17)15(18)7-13/h4-7,9-10,19H,8H2,1-3H3. The van der Waals surface area contributed by atoms with Crippen LogP contribution >= 0.6 is 35.0 Å². The first-order valence-corrected chi connectivity index (χ1v) is 8.34. The molecule has 0 aliphatic carbocycles. The van der Waals surface area contributed by atoms with E-state index in [0.717, 1.165) is 22.0 Å². The van der Waals surface area contributed by atoms with Gasteiger partial charge < -0.3 is 5.32 Å². The van der Waals surface area contributed by atoms with Gasteiger partial charge in [0, 0.05) is 23.7 Å². The van der Waals surface area contributed by atoms with Gasteiger partial charge in [0.1, 0.15) is 5.03 Å². The summed E-state index contributed by atoms with van der Waals surface area (Å²) in [6.45, 7) is 7.18. The number of nitrogens with one attached hydrogen (secondary N) is 1. The summed E-state index contributed by atoms with van der Waals surface area (Å²) in [5, 5.41) is 5.52. The molecule has 0 atom stereocenters. The molecule has 0 saturated carbocycles. The molecule has 1 N–H and O–H groups in total. The first kappa shape index (κ1) is 16.6. The van der Waals surface area contributed by atoms with Gasteiger partial charge in [-0.05, 0) is 36.2 Å². The molecule has 21 heavy (non-hydrogen) atoms. The summed E-state index contributed by atoms with van der Waals surface area (Å²) < 4.78 is 0. The summed E-state index contributed by atoms with van der Waals surface area (Å²) in [6.07, 6.45) is 1.92.